The number of likely N-dealkylation sites (tertiary alicyclic amines) is 1. The van der Waals surface area contributed by atoms with Crippen LogP contribution in [0.4, 0.5) is 0 Å². The van der Waals surface area contributed by atoms with E-state index in [-0.39, 0.29) is 5.56 Å². The fraction of sp³-hybridized carbons (Fsp3) is 0.364. The lowest BCUT2D eigenvalue weighted by atomic mass is 9.89. The van der Waals surface area contributed by atoms with Gasteiger partial charge in [-0.2, -0.15) is 0 Å². The van der Waals surface area contributed by atoms with Crippen LogP contribution < -0.4 is 5.56 Å². The van der Waals surface area contributed by atoms with Gasteiger partial charge in [0, 0.05) is 35.4 Å². The van der Waals surface area contributed by atoms with Gasteiger partial charge in [-0.3, -0.25) is 9.69 Å². The van der Waals surface area contributed by atoms with Crippen molar-refractivity contribution in [1.82, 2.24) is 14.9 Å². The third kappa shape index (κ3) is 4.54. The van der Waals surface area contributed by atoms with Gasteiger partial charge in [0.15, 0.2) is 0 Å². The van der Waals surface area contributed by atoms with Gasteiger partial charge in [-0.25, -0.2) is 4.98 Å². The molecule has 0 amide bonds. The van der Waals surface area contributed by atoms with Gasteiger partial charge in [0.2, 0.25) is 0 Å². The lowest BCUT2D eigenvalue weighted by molar-refractivity contribution is 0.172. The van der Waals surface area contributed by atoms with Crippen LogP contribution in [0.3, 0.4) is 0 Å². The van der Waals surface area contributed by atoms with Crippen LogP contribution in [0.15, 0.2) is 59.0 Å². The number of piperidine rings is 1. The van der Waals surface area contributed by atoms with Crippen molar-refractivity contribution in [2.24, 2.45) is 5.92 Å². The zero-order valence-corrected chi connectivity index (χ0v) is 16.3. The molecule has 1 N–H and O–H groups in total. The molecular weight excluding hydrogens is 354 g/mol. The van der Waals surface area contributed by atoms with Crippen molar-refractivity contribution in [3.63, 3.8) is 0 Å². The van der Waals surface area contributed by atoms with Crippen LogP contribution in [0.1, 0.15) is 30.4 Å². The van der Waals surface area contributed by atoms with Crippen LogP contribution >= 0.6 is 11.3 Å². The van der Waals surface area contributed by atoms with Crippen molar-refractivity contribution in [1.29, 1.82) is 0 Å². The number of aryl methyl sites for hydroxylation is 1. The number of rotatable bonds is 6. The van der Waals surface area contributed by atoms with Gasteiger partial charge in [-0.15, -0.1) is 11.3 Å². The Bertz CT molecular complexity index is 911. The molecule has 4 nitrogen and oxygen atoms in total. The molecule has 0 unspecified atom stereocenters. The number of nitrogens with zero attached hydrogens (tertiary/aromatic N) is 2. The summed E-state index contributed by atoms with van der Waals surface area (Å²) >= 11 is 1.71. The highest BCUT2D eigenvalue weighted by atomic mass is 32.1. The maximum atomic E-state index is 11.9. The normalized spacial score (nSPS) is 15.9. The van der Waals surface area contributed by atoms with E-state index in [1.54, 1.807) is 17.5 Å². The highest BCUT2D eigenvalue weighted by Crippen LogP contribution is 2.29. The lowest BCUT2D eigenvalue weighted by Gasteiger charge is -2.31. The summed E-state index contributed by atoms with van der Waals surface area (Å²) in [6, 6.07) is 12.5. The molecule has 0 atom stereocenters. The molecule has 5 heteroatoms. The van der Waals surface area contributed by atoms with Crippen LogP contribution in [0.25, 0.3) is 10.6 Å². The van der Waals surface area contributed by atoms with E-state index in [1.165, 1.54) is 30.4 Å². The van der Waals surface area contributed by atoms with Crippen LogP contribution in [0.5, 0.6) is 0 Å². The first-order valence-electron chi connectivity index (χ1n) is 9.66. The highest BCUT2D eigenvalue weighted by molar-refractivity contribution is 7.13. The fourth-order valence-electron chi connectivity index (χ4n) is 3.92. The molecule has 1 aliphatic heterocycles. The maximum Gasteiger partial charge on any atom is 0.252 e. The van der Waals surface area contributed by atoms with E-state index in [4.69, 9.17) is 0 Å². The van der Waals surface area contributed by atoms with Crippen molar-refractivity contribution in [2.75, 3.05) is 13.1 Å². The second kappa shape index (κ2) is 8.63. The number of aromatic nitrogens is 2. The summed E-state index contributed by atoms with van der Waals surface area (Å²) in [4.78, 5) is 21.5. The smallest absolute Gasteiger partial charge is 0.252 e. The van der Waals surface area contributed by atoms with Gasteiger partial charge < -0.3 is 4.98 Å². The predicted molar refractivity (Wildman–Crippen MR) is 111 cm³/mol. The zero-order valence-electron chi connectivity index (χ0n) is 15.4. The van der Waals surface area contributed by atoms with E-state index >= 15 is 0 Å². The molecule has 0 radical (unpaired) electrons. The molecule has 0 bridgehead atoms. The summed E-state index contributed by atoms with van der Waals surface area (Å²) in [5.74, 6) is 0.764. The van der Waals surface area contributed by atoms with E-state index in [0.717, 1.165) is 42.5 Å². The molecule has 27 heavy (non-hydrogen) atoms. The summed E-state index contributed by atoms with van der Waals surface area (Å²) in [5.41, 5.74) is 3.60. The van der Waals surface area contributed by atoms with Crippen LogP contribution in [-0.2, 0) is 13.0 Å². The van der Waals surface area contributed by atoms with Crippen LogP contribution in [0, 0.1) is 5.92 Å². The Morgan fingerprint density at radius 2 is 1.93 bits per heavy atom. The Balaban J connectivity index is 1.31. The van der Waals surface area contributed by atoms with E-state index in [2.05, 4.69) is 39.1 Å². The monoisotopic (exact) mass is 379 g/mol. The molecule has 1 fully saturated rings. The summed E-state index contributed by atoms with van der Waals surface area (Å²) < 4.78 is 0. The van der Waals surface area contributed by atoms with E-state index in [0.29, 0.717) is 0 Å². The number of nitrogens with one attached hydrogen (secondary N) is 1. The molecule has 140 valence electrons. The zero-order chi connectivity index (χ0) is 18.5. The average Bonchev–Trinajstić information content (AvgIpc) is 3.24. The number of H-pyrrole nitrogens is 1. The number of hydrogen-bond acceptors (Lipinski definition) is 4. The second-order valence-corrected chi connectivity index (χ2v) is 8.17. The maximum absolute atomic E-state index is 11.9. The standard InChI is InChI=1S/C22H25N3OS/c26-21-19(5-3-11-23-21)16-25-13-9-17(10-14-25)7-8-18-4-1-2-6-20(18)22-24-12-15-27-22/h1-6,11-12,15,17H,7-10,13-14,16H2,(H,23,26). The predicted octanol–water partition coefficient (Wildman–Crippen LogP) is 4.34. The Labute approximate surface area is 163 Å². The Morgan fingerprint density at radius 3 is 2.70 bits per heavy atom. The number of benzene rings is 1. The molecule has 3 heterocycles. The Hall–Kier alpha value is -2.24. The number of hydrogen-bond donors (Lipinski definition) is 1. The molecule has 0 saturated carbocycles. The average molecular weight is 380 g/mol. The van der Waals surface area contributed by atoms with Crippen LogP contribution in [-0.4, -0.2) is 28.0 Å². The highest BCUT2D eigenvalue weighted by Gasteiger charge is 2.20. The molecule has 1 aliphatic rings. The number of aromatic amines is 1. The molecule has 3 aromatic rings. The minimum absolute atomic E-state index is 0.0402. The summed E-state index contributed by atoms with van der Waals surface area (Å²) in [5, 5.41) is 3.16. The van der Waals surface area contributed by atoms with Gasteiger partial charge in [0.05, 0.1) is 0 Å². The molecule has 0 spiro atoms. The molecule has 4 rings (SSSR count). The summed E-state index contributed by atoms with van der Waals surface area (Å²) in [7, 11) is 0. The summed E-state index contributed by atoms with van der Waals surface area (Å²) in [6.45, 7) is 2.91. The number of thiazole rings is 1. The van der Waals surface area contributed by atoms with Crippen molar-refractivity contribution in [2.45, 2.75) is 32.2 Å². The van der Waals surface area contributed by atoms with Gasteiger partial charge in [-0.05, 0) is 56.3 Å². The molecule has 1 saturated heterocycles. The molecule has 1 aromatic carbocycles. The lowest BCUT2D eigenvalue weighted by Crippen LogP contribution is -2.35. The second-order valence-electron chi connectivity index (χ2n) is 7.28. The van der Waals surface area contributed by atoms with Crippen molar-refractivity contribution >= 4 is 11.3 Å². The number of pyridine rings is 1. The molecule has 2 aromatic heterocycles. The third-order valence-electron chi connectivity index (χ3n) is 5.50. The SMILES string of the molecule is O=c1[nH]cccc1CN1CCC(CCc2ccccc2-c2nccs2)CC1. The first kappa shape index (κ1) is 18.1. The van der Waals surface area contributed by atoms with Gasteiger partial charge >= 0.3 is 0 Å². The topological polar surface area (TPSA) is 49.0 Å². The van der Waals surface area contributed by atoms with E-state index < -0.39 is 0 Å². The first-order valence-corrected chi connectivity index (χ1v) is 10.5. The molecule has 0 aliphatic carbocycles. The largest absolute Gasteiger partial charge is 0.329 e. The first-order chi connectivity index (χ1) is 13.3. The third-order valence-corrected chi connectivity index (χ3v) is 6.31. The van der Waals surface area contributed by atoms with E-state index in [1.807, 2.05) is 23.7 Å². The fourth-order valence-corrected chi connectivity index (χ4v) is 4.62. The quantitative estimate of drug-likeness (QED) is 0.693. The van der Waals surface area contributed by atoms with Gasteiger partial charge in [-0.1, -0.05) is 30.3 Å². The van der Waals surface area contributed by atoms with Crippen molar-refractivity contribution < 1.29 is 0 Å². The Morgan fingerprint density at radius 1 is 1.11 bits per heavy atom. The van der Waals surface area contributed by atoms with E-state index in [9.17, 15) is 4.79 Å². The van der Waals surface area contributed by atoms with Crippen LogP contribution in [0.2, 0.25) is 0 Å². The van der Waals surface area contributed by atoms with Crippen molar-refractivity contribution in [3.8, 4) is 10.6 Å². The van der Waals surface area contributed by atoms with Gasteiger partial charge in [0.25, 0.3) is 5.56 Å². The molecular formula is C22H25N3OS. The Kier molecular flexibility index (Phi) is 5.80. The summed E-state index contributed by atoms with van der Waals surface area (Å²) in [6.07, 6.45) is 8.33. The minimum atomic E-state index is 0.0402. The van der Waals surface area contributed by atoms with Crippen molar-refractivity contribution in [3.05, 3.63) is 75.7 Å². The van der Waals surface area contributed by atoms with Gasteiger partial charge in [0.1, 0.15) is 5.01 Å². The minimum Gasteiger partial charge on any atom is -0.329 e.